The first-order valence-electron chi connectivity index (χ1n) is 10.6. The fraction of sp³-hybridized carbons (Fsp3) is 0.0800. The fourth-order valence-corrected chi connectivity index (χ4v) is 3.58. The van der Waals surface area contributed by atoms with E-state index in [1.165, 1.54) is 22.9 Å². The standard InChI is InChI=1S/C25H20FN7O/c1-16-8-11-20(12-9-16)32-15-21(24(29-32)18-6-4-3-5-7-18)25(34)27-19-10-13-22(26)23(14-19)33-17(2)28-30-31-33/h3-15H,1-2H3,(H,27,34). The molecule has 0 aliphatic carbocycles. The molecule has 0 fully saturated rings. The Labute approximate surface area is 194 Å². The molecule has 0 bridgehead atoms. The van der Waals surface area contributed by atoms with E-state index in [2.05, 4.69) is 20.8 Å². The van der Waals surface area contributed by atoms with Crippen LogP contribution in [0.1, 0.15) is 21.7 Å². The van der Waals surface area contributed by atoms with Crippen molar-refractivity contribution in [1.82, 2.24) is 30.0 Å². The number of tetrazole rings is 1. The second-order valence-electron chi connectivity index (χ2n) is 7.80. The summed E-state index contributed by atoms with van der Waals surface area (Å²) in [7, 11) is 0. The van der Waals surface area contributed by atoms with Gasteiger partial charge >= 0.3 is 0 Å². The first-order valence-corrected chi connectivity index (χ1v) is 10.6. The smallest absolute Gasteiger partial charge is 0.259 e. The van der Waals surface area contributed by atoms with Gasteiger partial charge < -0.3 is 5.32 Å². The van der Waals surface area contributed by atoms with Crippen LogP contribution < -0.4 is 5.32 Å². The number of hydrogen-bond acceptors (Lipinski definition) is 5. The Bertz CT molecular complexity index is 1470. The monoisotopic (exact) mass is 453 g/mol. The van der Waals surface area contributed by atoms with Gasteiger partial charge in [-0.25, -0.2) is 9.07 Å². The highest BCUT2D eigenvalue weighted by atomic mass is 19.1. The summed E-state index contributed by atoms with van der Waals surface area (Å²) in [6.45, 7) is 3.67. The lowest BCUT2D eigenvalue weighted by Crippen LogP contribution is -2.13. The van der Waals surface area contributed by atoms with Crippen molar-refractivity contribution in [3.05, 3.63) is 102 Å². The number of nitrogens with one attached hydrogen (secondary N) is 1. The first-order chi connectivity index (χ1) is 16.5. The van der Waals surface area contributed by atoms with Crippen molar-refractivity contribution in [2.45, 2.75) is 13.8 Å². The fourth-order valence-electron chi connectivity index (χ4n) is 3.58. The molecule has 5 rings (SSSR count). The summed E-state index contributed by atoms with van der Waals surface area (Å²) < 4.78 is 17.4. The number of carbonyl (C=O) groups excluding carboxylic acids is 1. The molecule has 5 aromatic rings. The molecule has 34 heavy (non-hydrogen) atoms. The summed E-state index contributed by atoms with van der Waals surface area (Å²) in [5.41, 5.74) is 4.23. The van der Waals surface area contributed by atoms with Gasteiger partial charge in [-0.15, -0.1) is 5.10 Å². The van der Waals surface area contributed by atoms with E-state index in [-0.39, 0.29) is 11.6 Å². The van der Waals surface area contributed by atoms with Gasteiger partial charge in [-0.3, -0.25) is 4.79 Å². The number of anilines is 1. The molecule has 0 aliphatic rings. The van der Waals surface area contributed by atoms with Crippen molar-refractivity contribution >= 4 is 11.6 Å². The number of amides is 1. The second-order valence-corrected chi connectivity index (χ2v) is 7.80. The number of aryl methyl sites for hydroxylation is 2. The Morgan fingerprint density at radius 2 is 1.74 bits per heavy atom. The molecule has 2 aromatic heterocycles. The third kappa shape index (κ3) is 4.06. The van der Waals surface area contributed by atoms with Gasteiger partial charge in [0.15, 0.2) is 5.82 Å². The largest absolute Gasteiger partial charge is 0.322 e. The molecule has 1 N–H and O–H groups in total. The van der Waals surface area contributed by atoms with Crippen LogP contribution in [0.25, 0.3) is 22.6 Å². The minimum atomic E-state index is -0.509. The molecule has 0 atom stereocenters. The van der Waals surface area contributed by atoms with Crippen LogP contribution in [0, 0.1) is 19.7 Å². The van der Waals surface area contributed by atoms with Crippen LogP contribution in [-0.2, 0) is 0 Å². The van der Waals surface area contributed by atoms with Gasteiger partial charge in [0.1, 0.15) is 17.2 Å². The van der Waals surface area contributed by atoms with Gasteiger partial charge in [0.25, 0.3) is 5.91 Å². The Morgan fingerprint density at radius 3 is 2.44 bits per heavy atom. The van der Waals surface area contributed by atoms with Crippen LogP contribution in [0.3, 0.4) is 0 Å². The zero-order chi connectivity index (χ0) is 23.7. The van der Waals surface area contributed by atoms with Gasteiger partial charge in [0, 0.05) is 17.4 Å². The van der Waals surface area contributed by atoms with E-state index in [0.29, 0.717) is 22.8 Å². The molecule has 0 radical (unpaired) electrons. The van der Waals surface area contributed by atoms with Crippen molar-refractivity contribution in [3.63, 3.8) is 0 Å². The topological polar surface area (TPSA) is 90.5 Å². The quantitative estimate of drug-likeness (QED) is 0.422. The van der Waals surface area contributed by atoms with Gasteiger partial charge in [0.05, 0.1) is 11.3 Å². The molecule has 3 aromatic carbocycles. The molecular weight excluding hydrogens is 433 g/mol. The highest BCUT2D eigenvalue weighted by Crippen LogP contribution is 2.26. The lowest BCUT2D eigenvalue weighted by atomic mass is 10.1. The summed E-state index contributed by atoms with van der Waals surface area (Å²) >= 11 is 0. The summed E-state index contributed by atoms with van der Waals surface area (Å²) in [6, 6.07) is 21.6. The summed E-state index contributed by atoms with van der Waals surface area (Å²) in [5, 5.41) is 18.7. The zero-order valence-corrected chi connectivity index (χ0v) is 18.5. The van der Waals surface area contributed by atoms with Gasteiger partial charge in [-0.2, -0.15) is 9.78 Å². The Morgan fingerprint density at radius 1 is 0.971 bits per heavy atom. The van der Waals surface area contributed by atoms with E-state index in [9.17, 15) is 9.18 Å². The van der Waals surface area contributed by atoms with E-state index in [1.807, 2.05) is 61.5 Å². The summed E-state index contributed by atoms with van der Waals surface area (Å²) in [6.07, 6.45) is 1.69. The SMILES string of the molecule is Cc1ccc(-n2cc(C(=O)Nc3ccc(F)c(-n4nnnc4C)c3)c(-c3ccccc3)n2)cc1. The molecule has 1 amide bonds. The molecule has 0 spiro atoms. The number of benzene rings is 3. The van der Waals surface area contributed by atoms with E-state index in [1.54, 1.807) is 17.8 Å². The molecule has 0 aliphatic heterocycles. The molecule has 0 saturated heterocycles. The number of hydrogen-bond donors (Lipinski definition) is 1. The van der Waals surface area contributed by atoms with E-state index < -0.39 is 5.82 Å². The summed E-state index contributed by atoms with van der Waals surface area (Å²) in [5.74, 6) is -0.457. The van der Waals surface area contributed by atoms with Crippen molar-refractivity contribution in [2.24, 2.45) is 0 Å². The number of rotatable bonds is 5. The number of carbonyl (C=O) groups is 1. The van der Waals surface area contributed by atoms with Crippen LogP contribution in [0.15, 0.2) is 79.0 Å². The predicted molar refractivity (Wildman–Crippen MR) is 126 cm³/mol. The van der Waals surface area contributed by atoms with E-state index >= 15 is 0 Å². The Balaban J connectivity index is 1.52. The van der Waals surface area contributed by atoms with Crippen LogP contribution in [0.5, 0.6) is 0 Å². The van der Waals surface area contributed by atoms with Crippen molar-refractivity contribution in [3.8, 4) is 22.6 Å². The van der Waals surface area contributed by atoms with Gasteiger partial charge in [-0.1, -0.05) is 48.0 Å². The van der Waals surface area contributed by atoms with Crippen molar-refractivity contribution in [1.29, 1.82) is 0 Å². The lowest BCUT2D eigenvalue weighted by Gasteiger charge is -2.09. The molecular formula is C25H20FN7O. The molecule has 0 unspecified atom stereocenters. The van der Waals surface area contributed by atoms with Crippen LogP contribution >= 0.6 is 0 Å². The van der Waals surface area contributed by atoms with E-state index in [0.717, 1.165) is 16.8 Å². The van der Waals surface area contributed by atoms with Crippen LogP contribution in [0.2, 0.25) is 0 Å². The zero-order valence-electron chi connectivity index (χ0n) is 18.5. The Hall–Kier alpha value is -4.66. The maximum Gasteiger partial charge on any atom is 0.259 e. The molecule has 2 heterocycles. The molecule has 0 saturated carbocycles. The maximum atomic E-state index is 14.4. The number of aromatic nitrogens is 6. The predicted octanol–water partition coefficient (Wildman–Crippen LogP) is 4.52. The highest BCUT2D eigenvalue weighted by Gasteiger charge is 2.20. The van der Waals surface area contributed by atoms with Gasteiger partial charge in [-0.05, 0) is 54.6 Å². The third-order valence-electron chi connectivity index (χ3n) is 5.36. The number of halogens is 1. The number of nitrogens with zero attached hydrogens (tertiary/aromatic N) is 6. The third-order valence-corrected chi connectivity index (χ3v) is 5.36. The average Bonchev–Trinajstić information content (AvgIpc) is 3.48. The maximum absolute atomic E-state index is 14.4. The van der Waals surface area contributed by atoms with Crippen LogP contribution in [0.4, 0.5) is 10.1 Å². The highest BCUT2D eigenvalue weighted by molar-refractivity contribution is 6.08. The Kier molecular flexibility index (Phi) is 5.43. The molecule has 9 heteroatoms. The van der Waals surface area contributed by atoms with Crippen molar-refractivity contribution in [2.75, 3.05) is 5.32 Å². The summed E-state index contributed by atoms with van der Waals surface area (Å²) in [4.78, 5) is 13.4. The van der Waals surface area contributed by atoms with Crippen LogP contribution in [-0.4, -0.2) is 35.9 Å². The molecule has 168 valence electrons. The normalized spacial score (nSPS) is 10.9. The molecule has 8 nitrogen and oxygen atoms in total. The van der Waals surface area contributed by atoms with Crippen molar-refractivity contribution < 1.29 is 9.18 Å². The van der Waals surface area contributed by atoms with Gasteiger partial charge in [0.2, 0.25) is 0 Å². The minimum absolute atomic E-state index is 0.138. The first kappa shape index (κ1) is 21.2. The average molecular weight is 453 g/mol. The second kappa shape index (κ2) is 8.70. The minimum Gasteiger partial charge on any atom is -0.322 e. The van der Waals surface area contributed by atoms with E-state index in [4.69, 9.17) is 5.10 Å². The lowest BCUT2D eigenvalue weighted by molar-refractivity contribution is 0.102.